The standard InChI is InChI=1S/C18H33O4P/c1-6-9-10-16(15-23(20,21-7-2)22-8-3)18(19)13-11-17(4,5)12-14-18/h11,13,15,19H,6-10,12,14H2,1-5H3/b16-15+. The molecule has 0 saturated carbocycles. The van der Waals surface area contributed by atoms with Crippen LogP contribution >= 0.6 is 7.60 Å². The van der Waals surface area contributed by atoms with Gasteiger partial charge < -0.3 is 14.2 Å². The first-order chi connectivity index (χ1) is 10.7. The van der Waals surface area contributed by atoms with Crippen LogP contribution in [0.1, 0.15) is 66.7 Å². The molecule has 0 heterocycles. The minimum atomic E-state index is -3.31. The Bertz CT molecular complexity index is 471. The van der Waals surface area contributed by atoms with Crippen LogP contribution in [0.3, 0.4) is 0 Å². The van der Waals surface area contributed by atoms with E-state index >= 15 is 0 Å². The summed E-state index contributed by atoms with van der Waals surface area (Å²) in [7, 11) is -3.31. The summed E-state index contributed by atoms with van der Waals surface area (Å²) in [6, 6.07) is 0. The van der Waals surface area contributed by atoms with Crippen LogP contribution in [0.4, 0.5) is 0 Å². The molecule has 0 saturated heterocycles. The topological polar surface area (TPSA) is 55.8 Å². The molecule has 0 amide bonds. The van der Waals surface area contributed by atoms with Crippen molar-refractivity contribution in [2.45, 2.75) is 72.3 Å². The molecule has 1 rings (SSSR count). The van der Waals surface area contributed by atoms with E-state index in [1.165, 1.54) is 0 Å². The maximum absolute atomic E-state index is 12.8. The Morgan fingerprint density at radius 2 is 1.78 bits per heavy atom. The van der Waals surface area contributed by atoms with E-state index in [0.29, 0.717) is 26.1 Å². The monoisotopic (exact) mass is 344 g/mol. The molecule has 23 heavy (non-hydrogen) atoms. The highest BCUT2D eigenvalue weighted by molar-refractivity contribution is 7.57. The van der Waals surface area contributed by atoms with Gasteiger partial charge in [-0.2, -0.15) is 0 Å². The molecule has 0 fully saturated rings. The van der Waals surface area contributed by atoms with Crippen LogP contribution in [0.15, 0.2) is 23.5 Å². The molecule has 0 aromatic heterocycles. The van der Waals surface area contributed by atoms with E-state index in [-0.39, 0.29) is 5.41 Å². The number of allylic oxidation sites excluding steroid dienone is 1. The van der Waals surface area contributed by atoms with Gasteiger partial charge in [0.15, 0.2) is 0 Å². The van der Waals surface area contributed by atoms with E-state index < -0.39 is 13.2 Å². The first-order valence-corrected chi connectivity index (χ1v) is 10.4. The third kappa shape index (κ3) is 6.19. The predicted octanol–water partition coefficient (Wildman–Crippen LogP) is 5.43. The van der Waals surface area contributed by atoms with E-state index in [4.69, 9.17) is 9.05 Å². The number of hydrogen-bond acceptors (Lipinski definition) is 4. The summed E-state index contributed by atoms with van der Waals surface area (Å²) < 4.78 is 23.6. The third-order valence-electron chi connectivity index (χ3n) is 4.25. The summed E-state index contributed by atoms with van der Waals surface area (Å²) in [5, 5.41) is 11.1. The van der Waals surface area contributed by atoms with Crippen molar-refractivity contribution >= 4 is 7.60 Å². The highest BCUT2D eigenvalue weighted by atomic mass is 31.2. The van der Waals surface area contributed by atoms with Crippen LogP contribution in [0.25, 0.3) is 0 Å². The zero-order chi connectivity index (χ0) is 17.6. The molecule has 0 aromatic rings. The van der Waals surface area contributed by atoms with Gasteiger partial charge in [0.25, 0.3) is 0 Å². The zero-order valence-corrected chi connectivity index (χ0v) is 16.2. The van der Waals surface area contributed by atoms with Crippen molar-refractivity contribution in [2.75, 3.05) is 13.2 Å². The van der Waals surface area contributed by atoms with E-state index in [1.54, 1.807) is 19.7 Å². The van der Waals surface area contributed by atoms with Crippen LogP contribution in [0, 0.1) is 5.41 Å². The van der Waals surface area contributed by atoms with Crippen molar-refractivity contribution in [3.8, 4) is 0 Å². The van der Waals surface area contributed by atoms with Crippen LogP contribution in [0.2, 0.25) is 0 Å². The molecule has 1 aliphatic rings. The lowest BCUT2D eigenvalue weighted by atomic mass is 9.73. The molecule has 134 valence electrons. The highest BCUT2D eigenvalue weighted by Gasteiger charge is 2.36. The van der Waals surface area contributed by atoms with Crippen molar-refractivity contribution < 1.29 is 18.7 Å². The molecule has 0 aromatic carbocycles. The van der Waals surface area contributed by atoms with E-state index in [0.717, 1.165) is 24.8 Å². The van der Waals surface area contributed by atoms with Crippen molar-refractivity contribution in [1.82, 2.24) is 0 Å². The van der Waals surface area contributed by atoms with Gasteiger partial charge in [-0.15, -0.1) is 0 Å². The molecule has 0 aliphatic heterocycles. The van der Waals surface area contributed by atoms with Gasteiger partial charge in [-0.25, -0.2) is 0 Å². The number of rotatable bonds is 9. The molecule has 1 aliphatic carbocycles. The van der Waals surface area contributed by atoms with Crippen LogP contribution in [-0.4, -0.2) is 23.9 Å². The zero-order valence-electron chi connectivity index (χ0n) is 15.3. The molecule has 0 radical (unpaired) electrons. The lowest BCUT2D eigenvalue weighted by Gasteiger charge is -2.37. The molecule has 0 bridgehead atoms. The molecular weight excluding hydrogens is 311 g/mol. The minimum absolute atomic E-state index is 0.0889. The summed E-state index contributed by atoms with van der Waals surface area (Å²) >= 11 is 0. The maximum Gasteiger partial charge on any atom is 0.354 e. The van der Waals surface area contributed by atoms with Crippen LogP contribution in [-0.2, 0) is 13.6 Å². The average Bonchev–Trinajstić information content (AvgIpc) is 2.47. The second-order valence-corrected chi connectivity index (χ2v) is 8.73. The van der Waals surface area contributed by atoms with Crippen molar-refractivity contribution in [2.24, 2.45) is 5.41 Å². The summed E-state index contributed by atoms with van der Waals surface area (Å²) in [5.41, 5.74) is -0.198. The smallest absolute Gasteiger partial charge is 0.354 e. The van der Waals surface area contributed by atoms with E-state index in [2.05, 4.69) is 26.8 Å². The summed E-state index contributed by atoms with van der Waals surface area (Å²) in [4.78, 5) is 0. The molecule has 1 atom stereocenters. The van der Waals surface area contributed by atoms with Gasteiger partial charge in [-0.1, -0.05) is 39.3 Å². The van der Waals surface area contributed by atoms with Gasteiger partial charge in [0, 0.05) is 5.82 Å². The Morgan fingerprint density at radius 1 is 1.17 bits per heavy atom. The molecule has 1 unspecified atom stereocenters. The van der Waals surface area contributed by atoms with Gasteiger partial charge in [-0.05, 0) is 50.5 Å². The number of hydrogen-bond donors (Lipinski definition) is 1. The van der Waals surface area contributed by atoms with Gasteiger partial charge in [0.2, 0.25) is 0 Å². The Morgan fingerprint density at radius 3 is 2.22 bits per heavy atom. The molecule has 0 spiro atoms. The SMILES string of the molecule is CCCC/C(=C\P(=O)(OCC)OCC)C1(O)C=CC(C)(C)CC1. The highest BCUT2D eigenvalue weighted by Crippen LogP contribution is 2.53. The fraction of sp³-hybridized carbons (Fsp3) is 0.778. The maximum atomic E-state index is 12.8. The second kappa shape index (κ2) is 8.62. The predicted molar refractivity (Wildman–Crippen MR) is 95.6 cm³/mol. The lowest BCUT2D eigenvalue weighted by molar-refractivity contribution is 0.0917. The Balaban J connectivity index is 3.17. The second-order valence-electron chi connectivity index (χ2n) is 6.88. The van der Waals surface area contributed by atoms with Gasteiger partial charge in [0.05, 0.1) is 13.2 Å². The summed E-state index contributed by atoms with van der Waals surface area (Å²) in [5.74, 6) is 1.57. The number of unbranched alkanes of at least 4 members (excludes halogenated alkanes) is 1. The fourth-order valence-electron chi connectivity index (χ4n) is 2.73. The van der Waals surface area contributed by atoms with Crippen molar-refractivity contribution in [1.29, 1.82) is 0 Å². The van der Waals surface area contributed by atoms with Crippen molar-refractivity contribution in [3.63, 3.8) is 0 Å². The molecule has 4 nitrogen and oxygen atoms in total. The summed E-state index contributed by atoms with van der Waals surface area (Å²) in [6.45, 7) is 10.6. The normalized spacial score (nSPS) is 24.9. The van der Waals surface area contributed by atoms with Crippen molar-refractivity contribution in [3.05, 3.63) is 23.5 Å². The van der Waals surface area contributed by atoms with E-state index in [1.807, 2.05) is 6.08 Å². The summed E-state index contributed by atoms with van der Waals surface area (Å²) in [6.07, 6.45) is 8.08. The first-order valence-electron chi connectivity index (χ1n) is 8.74. The average molecular weight is 344 g/mol. The Kier molecular flexibility index (Phi) is 7.73. The molecule has 1 N–H and O–H groups in total. The minimum Gasteiger partial charge on any atom is -0.381 e. The quantitative estimate of drug-likeness (QED) is 0.447. The van der Waals surface area contributed by atoms with E-state index in [9.17, 15) is 9.67 Å². The first kappa shape index (κ1) is 20.6. The van der Waals surface area contributed by atoms with Crippen LogP contribution < -0.4 is 0 Å². The Labute approximate surface area is 141 Å². The lowest BCUT2D eigenvalue weighted by Crippen LogP contribution is -2.34. The number of aliphatic hydroxyl groups is 1. The van der Waals surface area contributed by atoms with Gasteiger partial charge >= 0.3 is 7.60 Å². The largest absolute Gasteiger partial charge is 0.381 e. The van der Waals surface area contributed by atoms with Gasteiger partial charge in [-0.3, -0.25) is 4.57 Å². The van der Waals surface area contributed by atoms with Crippen LogP contribution in [0.5, 0.6) is 0 Å². The van der Waals surface area contributed by atoms with Gasteiger partial charge in [0.1, 0.15) is 5.60 Å². The molecule has 5 heteroatoms. The fourth-order valence-corrected chi connectivity index (χ4v) is 4.41. The third-order valence-corrected chi connectivity index (χ3v) is 6.11. The Hall–Kier alpha value is -0.410. The molecular formula is C18H33O4P.